The summed E-state index contributed by atoms with van der Waals surface area (Å²) in [4.78, 5) is 24.6. The van der Waals surface area contributed by atoms with E-state index in [1.165, 1.54) is 0 Å². The Morgan fingerprint density at radius 1 is 0.952 bits per heavy atom. The van der Waals surface area contributed by atoms with E-state index in [9.17, 15) is 9.59 Å². The highest BCUT2D eigenvalue weighted by Gasteiger charge is 2.18. The van der Waals surface area contributed by atoms with Gasteiger partial charge in [0, 0.05) is 11.1 Å². The average molecular weight is 282 g/mol. The molecule has 0 unspecified atom stereocenters. The van der Waals surface area contributed by atoms with Crippen LogP contribution in [0.15, 0.2) is 48.5 Å². The van der Waals surface area contributed by atoms with Gasteiger partial charge < -0.3 is 4.74 Å². The Hall–Kier alpha value is -2.42. The number of rotatable bonds is 5. The Morgan fingerprint density at radius 3 is 2.19 bits per heavy atom. The van der Waals surface area contributed by atoms with E-state index in [0.717, 1.165) is 12.0 Å². The number of ketones is 1. The molecule has 3 nitrogen and oxygen atoms in total. The van der Waals surface area contributed by atoms with Gasteiger partial charge in [0.25, 0.3) is 0 Å². The summed E-state index contributed by atoms with van der Waals surface area (Å²) in [6, 6.07) is 14.1. The minimum Gasteiger partial charge on any atom is -0.462 e. The molecule has 0 aliphatic heterocycles. The molecule has 2 rings (SSSR count). The molecule has 0 saturated heterocycles. The Morgan fingerprint density at radius 2 is 1.57 bits per heavy atom. The molecular weight excluding hydrogens is 264 g/mol. The molecule has 0 spiro atoms. The molecule has 0 aliphatic rings. The highest BCUT2D eigenvalue weighted by Crippen LogP contribution is 2.16. The number of esters is 1. The van der Waals surface area contributed by atoms with Crippen molar-refractivity contribution in [1.29, 1.82) is 0 Å². The minimum atomic E-state index is -0.451. The van der Waals surface area contributed by atoms with E-state index in [4.69, 9.17) is 4.74 Å². The summed E-state index contributed by atoms with van der Waals surface area (Å²) in [7, 11) is 0. The van der Waals surface area contributed by atoms with E-state index in [2.05, 4.69) is 0 Å². The highest BCUT2D eigenvalue weighted by molar-refractivity contribution is 6.14. The van der Waals surface area contributed by atoms with Gasteiger partial charge in [-0.1, -0.05) is 55.0 Å². The predicted molar refractivity (Wildman–Crippen MR) is 81.6 cm³/mol. The lowest BCUT2D eigenvalue weighted by Crippen LogP contribution is -2.13. The fraction of sp³-hybridized carbons (Fsp3) is 0.222. The second kappa shape index (κ2) is 6.84. The summed E-state index contributed by atoms with van der Waals surface area (Å²) >= 11 is 0. The summed E-state index contributed by atoms with van der Waals surface area (Å²) in [5.41, 5.74) is 2.34. The number of hydrogen-bond acceptors (Lipinski definition) is 3. The largest absolute Gasteiger partial charge is 0.462 e. The lowest BCUT2D eigenvalue weighted by atomic mass is 9.98. The van der Waals surface area contributed by atoms with E-state index in [-0.39, 0.29) is 5.78 Å². The van der Waals surface area contributed by atoms with Crippen LogP contribution in [-0.2, 0) is 4.74 Å². The topological polar surface area (TPSA) is 43.4 Å². The molecular formula is C18H18O3. The van der Waals surface area contributed by atoms with Crippen LogP contribution in [0.25, 0.3) is 0 Å². The Labute approximate surface area is 124 Å². The van der Waals surface area contributed by atoms with Crippen LogP contribution in [0.4, 0.5) is 0 Å². The van der Waals surface area contributed by atoms with E-state index in [1.54, 1.807) is 36.4 Å². The van der Waals surface area contributed by atoms with Gasteiger partial charge in [-0.05, 0) is 19.4 Å². The van der Waals surface area contributed by atoms with Crippen LogP contribution in [0.5, 0.6) is 0 Å². The Balaban J connectivity index is 2.33. The molecule has 2 aromatic rings. The van der Waals surface area contributed by atoms with Gasteiger partial charge in [-0.25, -0.2) is 4.79 Å². The van der Waals surface area contributed by atoms with Crippen LogP contribution in [0.1, 0.15) is 45.2 Å². The fourth-order valence-electron chi connectivity index (χ4n) is 1.99. The van der Waals surface area contributed by atoms with Gasteiger partial charge >= 0.3 is 5.97 Å². The molecule has 108 valence electrons. The molecule has 0 N–H and O–H groups in total. The van der Waals surface area contributed by atoms with Crippen molar-refractivity contribution in [2.24, 2.45) is 0 Å². The molecule has 0 heterocycles. The summed E-state index contributed by atoms with van der Waals surface area (Å²) < 4.78 is 5.13. The molecule has 0 aromatic heterocycles. The molecule has 0 radical (unpaired) electrons. The number of benzene rings is 2. The van der Waals surface area contributed by atoms with Crippen molar-refractivity contribution in [3.8, 4) is 0 Å². The van der Waals surface area contributed by atoms with Crippen molar-refractivity contribution >= 4 is 11.8 Å². The number of carbonyl (C=O) groups is 2. The smallest absolute Gasteiger partial charge is 0.338 e. The maximum atomic E-state index is 12.5. The van der Waals surface area contributed by atoms with Crippen LogP contribution in [0.2, 0.25) is 0 Å². The zero-order valence-corrected chi connectivity index (χ0v) is 12.3. The predicted octanol–water partition coefficient (Wildman–Crippen LogP) is 3.79. The first-order chi connectivity index (χ1) is 10.1. The maximum absolute atomic E-state index is 12.5. The normalized spacial score (nSPS) is 10.2. The molecule has 0 fully saturated rings. The van der Waals surface area contributed by atoms with Crippen molar-refractivity contribution in [2.75, 3.05) is 6.61 Å². The van der Waals surface area contributed by atoms with Gasteiger partial charge in [-0.15, -0.1) is 0 Å². The van der Waals surface area contributed by atoms with Crippen molar-refractivity contribution in [1.82, 2.24) is 0 Å². The molecule has 3 heteroatoms. The highest BCUT2D eigenvalue weighted by atomic mass is 16.5. The Bertz CT molecular complexity index is 642. The van der Waals surface area contributed by atoms with Gasteiger partial charge in [0.05, 0.1) is 12.2 Å². The summed E-state index contributed by atoms with van der Waals surface area (Å²) in [5.74, 6) is -0.619. The molecule has 2 aromatic carbocycles. The Kier molecular flexibility index (Phi) is 4.88. The lowest BCUT2D eigenvalue weighted by molar-refractivity contribution is 0.0502. The monoisotopic (exact) mass is 282 g/mol. The van der Waals surface area contributed by atoms with Crippen LogP contribution in [-0.4, -0.2) is 18.4 Å². The van der Waals surface area contributed by atoms with Gasteiger partial charge in [0.1, 0.15) is 0 Å². The lowest BCUT2D eigenvalue weighted by Gasteiger charge is -2.08. The van der Waals surface area contributed by atoms with Crippen LogP contribution in [0.3, 0.4) is 0 Å². The number of ether oxygens (including phenoxy) is 1. The van der Waals surface area contributed by atoms with Crippen LogP contribution >= 0.6 is 0 Å². The molecule has 0 saturated carbocycles. The van der Waals surface area contributed by atoms with Crippen LogP contribution in [0, 0.1) is 6.92 Å². The van der Waals surface area contributed by atoms with E-state index in [1.807, 2.05) is 26.0 Å². The van der Waals surface area contributed by atoms with Crippen molar-refractivity contribution < 1.29 is 14.3 Å². The molecule has 0 aliphatic carbocycles. The summed E-state index contributed by atoms with van der Waals surface area (Å²) in [5, 5.41) is 0. The number of hydrogen-bond donors (Lipinski definition) is 0. The first-order valence-electron chi connectivity index (χ1n) is 7.01. The van der Waals surface area contributed by atoms with E-state index < -0.39 is 5.97 Å². The van der Waals surface area contributed by atoms with E-state index in [0.29, 0.717) is 23.3 Å². The number of aryl methyl sites for hydroxylation is 1. The van der Waals surface area contributed by atoms with Crippen molar-refractivity contribution in [3.63, 3.8) is 0 Å². The second-order valence-corrected chi connectivity index (χ2v) is 4.88. The zero-order valence-electron chi connectivity index (χ0n) is 12.3. The first kappa shape index (κ1) is 15.0. The standard InChI is InChI=1S/C18H18O3/c1-3-12-21-18(20)16-7-5-4-6-15(16)17(19)14-10-8-13(2)9-11-14/h4-11H,3,12H2,1-2H3. The maximum Gasteiger partial charge on any atom is 0.338 e. The van der Waals surface area contributed by atoms with Crippen LogP contribution < -0.4 is 0 Å². The number of carbonyl (C=O) groups excluding carboxylic acids is 2. The molecule has 0 amide bonds. The quantitative estimate of drug-likeness (QED) is 0.619. The summed E-state index contributed by atoms with van der Waals surface area (Å²) in [6.45, 7) is 4.24. The second-order valence-electron chi connectivity index (χ2n) is 4.88. The van der Waals surface area contributed by atoms with Gasteiger partial charge in [-0.2, -0.15) is 0 Å². The third-order valence-electron chi connectivity index (χ3n) is 3.14. The molecule has 0 bridgehead atoms. The SMILES string of the molecule is CCCOC(=O)c1ccccc1C(=O)c1ccc(C)cc1. The van der Waals surface area contributed by atoms with Crippen molar-refractivity contribution in [3.05, 3.63) is 70.8 Å². The third-order valence-corrected chi connectivity index (χ3v) is 3.14. The van der Waals surface area contributed by atoms with Gasteiger partial charge in [0.15, 0.2) is 5.78 Å². The molecule has 21 heavy (non-hydrogen) atoms. The fourth-order valence-corrected chi connectivity index (χ4v) is 1.99. The average Bonchev–Trinajstić information content (AvgIpc) is 2.52. The summed E-state index contributed by atoms with van der Waals surface area (Å²) in [6.07, 6.45) is 0.750. The third kappa shape index (κ3) is 3.57. The van der Waals surface area contributed by atoms with Crippen molar-refractivity contribution in [2.45, 2.75) is 20.3 Å². The minimum absolute atomic E-state index is 0.168. The zero-order chi connectivity index (χ0) is 15.2. The van der Waals surface area contributed by atoms with Gasteiger partial charge in [0.2, 0.25) is 0 Å². The molecule has 0 atom stereocenters. The van der Waals surface area contributed by atoms with Gasteiger partial charge in [-0.3, -0.25) is 4.79 Å². The van der Waals surface area contributed by atoms with E-state index >= 15 is 0 Å². The first-order valence-corrected chi connectivity index (χ1v) is 7.01.